The summed E-state index contributed by atoms with van der Waals surface area (Å²) in [5, 5.41) is 1.44. The SMILES string of the molecule is CC1=C(C)CC(c2ccc(Cl)cc2CCC(=O)CCc2cc(Cl)ccc2C2=CC(C)=C(C)C2)=C1. The normalized spacial score (nSPS) is 15.8. The van der Waals surface area contributed by atoms with Crippen molar-refractivity contribution in [3.05, 3.63) is 103 Å². The summed E-state index contributed by atoms with van der Waals surface area (Å²) in [6.07, 6.45) is 8.92. The van der Waals surface area contributed by atoms with E-state index in [-0.39, 0.29) is 5.78 Å². The van der Waals surface area contributed by atoms with Gasteiger partial charge in [0.15, 0.2) is 0 Å². The van der Waals surface area contributed by atoms with E-state index in [1.807, 2.05) is 24.3 Å². The molecule has 2 aliphatic rings. The molecule has 0 aromatic heterocycles. The first-order valence-electron chi connectivity index (χ1n) is 12.0. The predicted molar refractivity (Wildman–Crippen MR) is 146 cm³/mol. The number of carbonyl (C=O) groups excluding carboxylic acids is 1. The highest BCUT2D eigenvalue weighted by Crippen LogP contribution is 2.36. The third-order valence-electron chi connectivity index (χ3n) is 7.21. The summed E-state index contributed by atoms with van der Waals surface area (Å²) >= 11 is 12.6. The van der Waals surface area contributed by atoms with Crippen LogP contribution in [0.15, 0.2) is 70.8 Å². The first-order chi connectivity index (χ1) is 16.2. The van der Waals surface area contributed by atoms with E-state index < -0.39 is 0 Å². The number of hydrogen-bond acceptors (Lipinski definition) is 1. The monoisotopic (exact) mass is 490 g/mol. The molecule has 0 bridgehead atoms. The molecular weight excluding hydrogens is 459 g/mol. The second kappa shape index (κ2) is 10.5. The number of hydrogen-bond donors (Lipinski definition) is 0. The maximum absolute atomic E-state index is 12.9. The molecule has 176 valence electrons. The summed E-state index contributed by atoms with van der Waals surface area (Å²) in [5.74, 6) is 0.272. The number of allylic oxidation sites excluding steroid dienone is 8. The average Bonchev–Trinajstić information content (AvgIpc) is 3.31. The average molecular weight is 492 g/mol. The fourth-order valence-corrected chi connectivity index (χ4v) is 5.29. The van der Waals surface area contributed by atoms with E-state index in [1.165, 1.54) is 44.6 Å². The lowest BCUT2D eigenvalue weighted by Gasteiger charge is -2.13. The molecule has 1 nitrogen and oxygen atoms in total. The number of halogens is 2. The van der Waals surface area contributed by atoms with Gasteiger partial charge in [0.2, 0.25) is 0 Å². The van der Waals surface area contributed by atoms with Crippen LogP contribution in [0.1, 0.15) is 75.6 Å². The van der Waals surface area contributed by atoms with E-state index in [2.05, 4.69) is 52.0 Å². The Kier molecular flexibility index (Phi) is 7.65. The molecule has 0 fully saturated rings. The van der Waals surface area contributed by atoms with E-state index in [1.54, 1.807) is 0 Å². The molecule has 4 rings (SSSR count). The zero-order valence-corrected chi connectivity index (χ0v) is 22.0. The minimum Gasteiger partial charge on any atom is -0.300 e. The fourth-order valence-electron chi connectivity index (χ4n) is 4.91. The van der Waals surface area contributed by atoms with E-state index >= 15 is 0 Å². The smallest absolute Gasteiger partial charge is 0.133 e. The highest BCUT2D eigenvalue weighted by Gasteiger charge is 2.18. The third kappa shape index (κ3) is 5.65. The van der Waals surface area contributed by atoms with Gasteiger partial charge >= 0.3 is 0 Å². The summed E-state index contributed by atoms with van der Waals surface area (Å²) in [4.78, 5) is 12.9. The van der Waals surface area contributed by atoms with Crippen molar-refractivity contribution in [1.29, 1.82) is 0 Å². The number of aryl methyl sites for hydroxylation is 2. The second-order valence-corrected chi connectivity index (χ2v) is 10.6. The van der Waals surface area contributed by atoms with Gasteiger partial charge < -0.3 is 0 Å². The highest BCUT2D eigenvalue weighted by atomic mass is 35.5. The Morgan fingerprint density at radius 3 is 1.47 bits per heavy atom. The molecule has 0 saturated heterocycles. The first-order valence-corrected chi connectivity index (χ1v) is 12.8. The number of ketones is 1. The Balaban J connectivity index is 1.42. The van der Waals surface area contributed by atoms with Crippen molar-refractivity contribution in [2.75, 3.05) is 0 Å². The van der Waals surface area contributed by atoms with Crippen LogP contribution in [0.3, 0.4) is 0 Å². The molecule has 0 N–H and O–H groups in total. The third-order valence-corrected chi connectivity index (χ3v) is 7.68. The summed E-state index contributed by atoms with van der Waals surface area (Å²) in [6.45, 7) is 8.68. The van der Waals surface area contributed by atoms with Gasteiger partial charge in [0, 0.05) is 22.9 Å². The Morgan fingerprint density at radius 1 is 0.706 bits per heavy atom. The van der Waals surface area contributed by atoms with Gasteiger partial charge in [-0.05, 0) is 111 Å². The molecular formula is C31H32Cl2O. The number of Topliss-reactive ketones (excluding diaryl/α,β-unsaturated/α-hetero) is 1. The van der Waals surface area contributed by atoms with E-state index in [0.717, 1.165) is 34.0 Å². The lowest BCUT2D eigenvalue weighted by Crippen LogP contribution is -2.05. The largest absolute Gasteiger partial charge is 0.300 e. The van der Waals surface area contributed by atoms with E-state index in [4.69, 9.17) is 23.2 Å². The molecule has 0 heterocycles. The maximum Gasteiger partial charge on any atom is 0.133 e. The van der Waals surface area contributed by atoms with Crippen molar-refractivity contribution < 1.29 is 4.79 Å². The van der Waals surface area contributed by atoms with Crippen molar-refractivity contribution in [1.82, 2.24) is 0 Å². The molecule has 0 aliphatic heterocycles. The molecule has 0 saturated carbocycles. The van der Waals surface area contributed by atoms with Crippen LogP contribution >= 0.6 is 23.2 Å². The zero-order valence-electron chi connectivity index (χ0n) is 20.5. The Labute approximate surface area is 213 Å². The molecule has 2 aliphatic carbocycles. The number of carbonyl (C=O) groups is 1. The molecule has 0 amide bonds. The van der Waals surface area contributed by atoms with Crippen LogP contribution in [0.4, 0.5) is 0 Å². The standard InChI is InChI=1S/C31H32Cl2O/c1-19-13-25(14-20(19)2)30-11-7-27(32)17-23(30)5-9-29(34)10-6-24-18-28(33)8-12-31(24)26-15-21(3)22(4)16-26/h7-8,11-13,15,17-18H,5-6,9-10,14,16H2,1-4H3. The van der Waals surface area contributed by atoms with Gasteiger partial charge in [-0.3, -0.25) is 4.79 Å². The fraction of sp³-hybridized carbons (Fsp3) is 0.323. The minimum absolute atomic E-state index is 0.272. The van der Waals surface area contributed by atoms with Gasteiger partial charge in [-0.1, -0.05) is 69.8 Å². The van der Waals surface area contributed by atoms with Crippen LogP contribution < -0.4 is 0 Å². The molecule has 3 heteroatoms. The summed E-state index contributed by atoms with van der Waals surface area (Å²) in [6, 6.07) is 12.1. The summed E-state index contributed by atoms with van der Waals surface area (Å²) in [7, 11) is 0. The Morgan fingerprint density at radius 2 is 1.12 bits per heavy atom. The summed E-state index contributed by atoms with van der Waals surface area (Å²) < 4.78 is 0. The van der Waals surface area contributed by atoms with Gasteiger partial charge in [0.25, 0.3) is 0 Å². The minimum atomic E-state index is 0.272. The molecule has 2 aromatic rings. The number of benzene rings is 2. The predicted octanol–water partition coefficient (Wildman–Crippen LogP) is 9.37. The lowest BCUT2D eigenvalue weighted by atomic mass is 9.92. The van der Waals surface area contributed by atoms with Crippen molar-refractivity contribution >= 4 is 40.1 Å². The molecule has 34 heavy (non-hydrogen) atoms. The Hall–Kier alpha value is -2.35. The molecule has 2 aromatic carbocycles. The second-order valence-electron chi connectivity index (χ2n) is 9.76. The van der Waals surface area contributed by atoms with Crippen molar-refractivity contribution in [2.45, 2.75) is 66.2 Å². The molecule has 0 radical (unpaired) electrons. The molecule has 0 spiro atoms. The van der Waals surface area contributed by atoms with Crippen LogP contribution in [0.2, 0.25) is 10.0 Å². The van der Waals surface area contributed by atoms with Crippen molar-refractivity contribution in [3.8, 4) is 0 Å². The van der Waals surface area contributed by atoms with Crippen LogP contribution in [-0.4, -0.2) is 5.78 Å². The van der Waals surface area contributed by atoms with Crippen molar-refractivity contribution in [2.24, 2.45) is 0 Å². The quantitative estimate of drug-likeness (QED) is 0.359. The van der Waals surface area contributed by atoms with Gasteiger partial charge in [-0.2, -0.15) is 0 Å². The van der Waals surface area contributed by atoms with E-state index in [0.29, 0.717) is 25.7 Å². The van der Waals surface area contributed by atoms with E-state index in [9.17, 15) is 4.79 Å². The summed E-state index contributed by atoms with van der Waals surface area (Å²) in [5.41, 5.74) is 12.9. The lowest BCUT2D eigenvalue weighted by molar-refractivity contribution is -0.119. The van der Waals surface area contributed by atoms with Gasteiger partial charge in [-0.15, -0.1) is 0 Å². The highest BCUT2D eigenvalue weighted by molar-refractivity contribution is 6.31. The molecule has 0 atom stereocenters. The Bertz CT molecular complexity index is 1170. The molecule has 0 unspecified atom stereocenters. The topological polar surface area (TPSA) is 17.1 Å². The van der Waals surface area contributed by atoms with Crippen LogP contribution in [-0.2, 0) is 17.6 Å². The van der Waals surface area contributed by atoms with Gasteiger partial charge in [-0.25, -0.2) is 0 Å². The van der Waals surface area contributed by atoms with Crippen LogP contribution in [0.25, 0.3) is 11.1 Å². The van der Waals surface area contributed by atoms with Gasteiger partial charge in [0.05, 0.1) is 0 Å². The van der Waals surface area contributed by atoms with Crippen LogP contribution in [0, 0.1) is 0 Å². The number of rotatable bonds is 8. The van der Waals surface area contributed by atoms with Crippen LogP contribution in [0.5, 0.6) is 0 Å². The maximum atomic E-state index is 12.9. The van der Waals surface area contributed by atoms with Gasteiger partial charge in [0.1, 0.15) is 5.78 Å². The zero-order chi connectivity index (χ0) is 24.4. The first kappa shape index (κ1) is 24.8. The van der Waals surface area contributed by atoms with Crippen molar-refractivity contribution in [3.63, 3.8) is 0 Å².